The maximum absolute atomic E-state index is 11.2. The molecule has 2 unspecified atom stereocenters. The van der Waals surface area contributed by atoms with Crippen LogP contribution in [-0.2, 0) is 0 Å². The lowest BCUT2D eigenvalue weighted by atomic mass is 9.91. The van der Waals surface area contributed by atoms with E-state index in [2.05, 4.69) is 50.2 Å². The summed E-state index contributed by atoms with van der Waals surface area (Å²) in [5.74, 6) is 0.677. The number of hydrogen-bond acceptors (Lipinski definition) is 3. The summed E-state index contributed by atoms with van der Waals surface area (Å²) in [5.41, 5.74) is 6.28. The van der Waals surface area contributed by atoms with Crippen molar-refractivity contribution in [2.75, 3.05) is 0 Å². The average molecular weight is 455 g/mol. The van der Waals surface area contributed by atoms with Crippen LogP contribution in [0, 0.1) is 13.8 Å². The molecule has 4 rings (SSSR count). The first-order valence-electron chi connectivity index (χ1n) is 11.3. The maximum Gasteiger partial charge on any atom is 0.133 e. The van der Waals surface area contributed by atoms with Gasteiger partial charge in [0.15, 0.2) is 0 Å². The van der Waals surface area contributed by atoms with Crippen LogP contribution in [0.5, 0.6) is 11.5 Å². The van der Waals surface area contributed by atoms with Gasteiger partial charge in [-0.15, -0.1) is 0 Å². The van der Waals surface area contributed by atoms with Gasteiger partial charge in [0.05, 0.1) is 9.79 Å². The smallest absolute Gasteiger partial charge is 0.133 e. The van der Waals surface area contributed by atoms with Crippen LogP contribution in [0.1, 0.15) is 59.1 Å². The minimum Gasteiger partial charge on any atom is -0.506 e. The molecule has 0 heterocycles. The van der Waals surface area contributed by atoms with Gasteiger partial charge in [0.1, 0.15) is 11.5 Å². The van der Waals surface area contributed by atoms with Crippen LogP contribution < -0.4 is 0 Å². The zero-order chi connectivity index (χ0) is 23.5. The van der Waals surface area contributed by atoms with Crippen molar-refractivity contribution in [2.45, 2.75) is 49.3 Å². The maximum atomic E-state index is 11.2. The first kappa shape index (κ1) is 23.0. The summed E-state index contributed by atoms with van der Waals surface area (Å²) in [4.78, 5) is 1.51. The molecule has 2 nitrogen and oxygen atoms in total. The molecule has 2 atom stereocenters. The zero-order valence-electron chi connectivity index (χ0n) is 19.5. The fourth-order valence-electron chi connectivity index (χ4n) is 4.32. The van der Waals surface area contributed by atoms with E-state index in [0.29, 0.717) is 0 Å². The second-order valence-corrected chi connectivity index (χ2v) is 9.85. The Morgan fingerprint density at radius 3 is 1.30 bits per heavy atom. The summed E-state index contributed by atoms with van der Waals surface area (Å²) in [6, 6.07) is 28.5. The lowest BCUT2D eigenvalue weighted by molar-refractivity contribution is 0.450. The van der Waals surface area contributed by atoms with E-state index in [4.69, 9.17) is 0 Å². The minimum atomic E-state index is 0.0604. The van der Waals surface area contributed by atoms with E-state index in [0.717, 1.165) is 43.2 Å². The molecule has 0 bridgehead atoms. The van der Waals surface area contributed by atoms with Crippen molar-refractivity contribution in [3.63, 3.8) is 0 Å². The number of aryl methyl sites for hydroxylation is 2. The van der Waals surface area contributed by atoms with E-state index in [1.54, 1.807) is 0 Å². The predicted octanol–water partition coefficient (Wildman–Crippen LogP) is 8.17. The summed E-state index contributed by atoms with van der Waals surface area (Å²) in [5, 5.41) is 22.4. The van der Waals surface area contributed by atoms with E-state index < -0.39 is 0 Å². The van der Waals surface area contributed by atoms with Gasteiger partial charge in [-0.3, -0.25) is 0 Å². The molecule has 0 radical (unpaired) electrons. The van der Waals surface area contributed by atoms with Crippen LogP contribution in [-0.4, -0.2) is 10.2 Å². The summed E-state index contributed by atoms with van der Waals surface area (Å²) >= 11 is 1.42. The molecule has 33 heavy (non-hydrogen) atoms. The van der Waals surface area contributed by atoms with Gasteiger partial charge in [0.2, 0.25) is 0 Å². The first-order valence-corrected chi connectivity index (χ1v) is 12.1. The number of rotatable bonds is 6. The van der Waals surface area contributed by atoms with Crippen molar-refractivity contribution < 1.29 is 10.2 Å². The molecule has 0 amide bonds. The van der Waals surface area contributed by atoms with Crippen molar-refractivity contribution >= 4 is 11.8 Å². The number of benzene rings is 4. The molecule has 0 aliphatic heterocycles. The van der Waals surface area contributed by atoms with Crippen molar-refractivity contribution in [3.05, 3.63) is 118 Å². The van der Waals surface area contributed by atoms with Gasteiger partial charge in [0, 0.05) is 23.0 Å². The second kappa shape index (κ2) is 9.76. The van der Waals surface area contributed by atoms with Crippen LogP contribution >= 0.6 is 11.8 Å². The number of hydrogen-bond donors (Lipinski definition) is 2. The molecule has 0 aromatic heterocycles. The Hall–Kier alpha value is -3.17. The minimum absolute atomic E-state index is 0.0604. The average Bonchev–Trinajstić information content (AvgIpc) is 2.83. The Kier molecular flexibility index (Phi) is 6.80. The van der Waals surface area contributed by atoms with Crippen LogP contribution in [0.25, 0.3) is 0 Å². The predicted molar refractivity (Wildman–Crippen MR) is 138 cm³/mol. The normalized spacial score (nSPS) is 13.0. The van der Waals surface area contributed by atoms with Crippen LogP contribution in [0.15, 0.2) is 94.7 Å². The highest BCUT2D eigenvalue weighted by atomic mass is 32.2. The molecule has 0 spiro atoms. The Balaban J connectivity index is 1.73. The van der Waals surface area contributed by atoms with Gasteiger partial charge < -0.3 is 10.2 Å². The molecule has 2 N–H and O–H groups in total. The largest absolute Gasteiger partial charge is 0.506 e. The Bertz CT molecular complexity index is 1150. The molecule has 0 saturated heterocycles. The highest BCUT2D eigenvalue weighted by Gasteiger charge is 2.21. The van der Waals surface area contributed by atoms with Gasteiger partial charge in [-0.1, -0.05) is 98.4 Å². The van der Waals surface area contributed by atoms with Gasteiger partial charge in [0.25, 0.3) is 0 Å². The number of phenols is 2. The molecular weight excluding hydrogens is 424 g/mol. The Morgan fingerprint density at radius 1 is 0.576 bits per heavy atom. The first-order chi connectivity index (χ1) is 15.8. The molecular formula is C30H30O2S. The molecule has 4 aromatic rings. The number of aromatic hydroxyl groups is 2. The summed E-state index contributed by atoms with van der Waals surface area (Å²) in [6.45, 7) is 8.32. The molecule has 0 aliphatic rings. The van der Waals surface area contributed by atoms with E-state index in [9.17, 15) is 10.2 Å². The zero-order valence-corrected chi connectivity index (χ0v) is 20.4. The Morgan fingerprint density at radius 2 is 0.939 bits per heavy atom. The molecule has 0 saturated carbocycles. The molecule has 168 valence electrons. The molecule has 3 heteroatoms. The highest BCUT2D eigenvalue weighted by molar-refractivity contribution is 7.99. The molecule has 0 fully saturated rings. The third-order valence-electron chi connectivity index (χ3n) is 6.25. The summed E-state index contributed by atoms with van der Waals surface area (Å²) < 4.78 is 0. The van der Waals surface area contributed by atoms with Crippen molar-refractivity contribution in [3.8, 4) is 11.5 Å². The highest BCUT2D eigenvalue weighted by Crippen LogP contribution is 2.46. The lowest BCUT2D eigenvalue weighted by Crippen LogP contribution is -1.99. The van der Waals surface area contributed by atoms with Gasteiger partial charge >= 0.3 is 0 Å². The fourth-order valence-corrected chi connectivity index (χ4v) is 5.48. The standard InChI is InChI=1S/C30H30O2S/c1-19-15-25(21(3)23-11-7-5-8-12-23)29(31)27(17-19)33-28-18-20(2)16-26(30(28)32)22(4)24-13-9-6-10-14-24/h5-18,21-22,31-32H,1-4H3. The fraction of sp³-hybridized carbons (Fsp3) is 0.200. The topological polar surface area (TPSA) is 40.5 Å². The molecule has 4 aromatic carbocycles. The van der Waals surface area contributed by atoms with E-state index >= 15 is 0 Å². The van der Waals surface area contributed by atoms with Crippen molar-refractivity contribution in [1.29, 1.82) is 0 Å². The number of phenolic OH excluding ortho intramolecular Hbond substituents is 2. The lowest BCUT2D eigenvalue weighted by Gasteiger charge is -2.20. The quantitative estimate of drug-likeness (QED) is 0.309. The third-order valence-corrected chi connectivity index (χ3v) is 7.31. The monoisotopic (exact) mass is 454 g/mol. The van der Waals surface area contributed by atoms with Gasteiger partial charge in [-0.05, 0) is 48.2 Å². The second-order valence-electron chi connectivity index (χ2n) is 8.77. The molecule has 0 aliphatic carbocycles. The van der Waals surface area contributed by atoms with Crippen molar-refractivity contribution in [2.24, 2.45) is 0 Å². The summed E-state index contributed by atoms with van der Waals surface area (Å²) in [6.07, 6.45) is 0. The van der Waals surface area contributed by atoms with Crippen LogP contribution in [0.3, 0.4) is 0 Å². The van der Waals surface area contributed by atoms with Crippen LogP contribution in [0.2, 0.25) is 0 Å². The third kappa shape index (κ3) is 4.94. The van der Waals surface area contributed by atoms with E-state index in [-0.39, 0.29) is 23.3 Å². The Labute approximate surface area is 201 Å². The SMILES string of the molecule is Cc1cc(Sc2cc(C)cc(C(C)c3ccccc3)c2O)c(O)c(C(C)c2ccccc2)c1. The van der Waals surface area contributed by atoms with Crippen molar-refractivity contribution in [1.82, 2.24) is 0 Å². The van der Waals surface area contributed by atoms with E-state index in [1.165, 1.54) is 11.8 Å². The van der Waals surface area contributed by atoms with Crippen LogP contribution in [0.4, 0.5) is 0 Å². The summed E-state index contributed by atoms with van der Waals surface area (Å²) in [7, 11) is 0. The van der Waals surface area contributed by atoms with E-state index in [1.807, 2.05) is 62.4 Å². The van der Waals surface area contributed by atoms with Gasteiger partial charge in [-0.2, -0.15) is 0 Å². The van der Waals surface area contributed by atoms with Gasteiger partial charge in [-0.25, -0.2) is 0 Å².